The van der Waals surface area contributed by atoms with Crippen molar-refractivity contribution in [3.63, 3.8) is 0 Å². The van der Waals surface area contributed by atoms with Gasteiger partial charge in [-0.2, -0.15) is 0 Å². The average molecular weight is 381 g/mol. The molecule has 1 aliphatic rings. The summed E-state index contributed by atoms with van der Waals surface area (Å²) in [7, 11) is 0. The van der Waals surface area contributed by atoms with Crippen molar-refractivity contribution in [2.24, 2.45) is 5.92 Å². The third-order valence-electron chi connectivity index (χ3n) is 5.17. The molecule has 0 saturated carbocycles. The van der Waals surface area contributed by atoms with E-state index < -0.39 is 0 Å². The van der Waals surface area contributed by atoms with Crippen molar-refractivity contribution in [2.45, 2.75) is 39.2 Å². The Kier molecular flexibility index (Phi) is 6.93. The number of nitrogens with two attached hydrogens (primary N) is 1. The van der Waals surface area contributed by atoms with Crippen molar-refractivity contribution in [2.75, 3.05) is 36.0 Å². The topological polar surface area (TPSA) is 70.4 Å². The van der Waals surface area contributed by atoms with Gasteiger partial charge in [0.05, 0.1) is 11.4 Å². The Labute approximate surface area is 168 Å². The van der Waals surface area contributed by atoms with Crippen LogP contribution >= 0.6 is 0 Å². The second kappa shape index (κ2) is 9.60. The fourth-order valence-corrected chi connectivity index (χ4v) is 3.76. The lowest BCUT2D eigenvalue weighted by molar-refractivity contribution is 0.102. The summed E-state index contributed by atoms with van der Waals surface area (Å²) in [5.41, 5.74) is 8.79. The van der Waals surface area contributed by atoms with Gasteiger partial charge in [-0.1, -0.05) is 26.0 Å². The first-order chi connectivity index (χ1) is 13.5. The predicted molar refractivity (Wildman–Crippen MR) is 118 cm³/mol. The fourth-order valence-electron chi connectivity index (χ4n) is 3.76. The number of likely N-dealkylation sites (tertiary alicyclic amines) is 1. The summed E-state index contributed by atoms with van der Waals surface area (Å²) in [6.45, 7) is 8.09. The molecule has 0 bridgehead atoms. The van der Waals surface area contributed by atoms with Crippen molar-refractivity contribution >= 4 is 23.0 Å². The van der Waals surface area contributed by atoms with Crippen LogP contribution in [0, 0.1) is 5.92 Å². The van der Waals surface area contributed by atoms with E-state index in [1.165, 1.54) is 25.9 Å². The summed E-state index contributed by atoms with van der Waals surface area (Å²) in [5.74, 6) is 0.567. The molecule has 5 heteroatoms. The van der Waals surface area contributed by atoms with Gasteiger partial charge in [-0.15, -0.1) is 0 Å². The van der Waals surface area contributed by atoms with Crippen LogP contribution in [0.1, 0.15) is 43.5 Å². The molecule has 1 amide bonds. The van der Waals surface area contributed by atoms with Gasteiger partial charge in [0.1, 0.15) is 0 Å². The van der Waals surface area contributed by atoms with E-state index in [9.17, 15) is 4.79 Å². The summed E-state index contributed by atoms with van der Waals surface area (Å²) >= 11 is 0. The maximum atomic E-state index is 12.4. The molecule has 1 saturated heterocycles. The van der Waals surface area contributed by atoms with Crippen LogP contribution in [-0.4, -0.2) is 36.5 Å². The van der Waals surface area contributed by atoms with Crippen LogP contribution in [0.15, 0.2) is 48.5 Å². The summed E-state index contributed by atoms with van der Waals surface area (Å²) in [6.07, 6.45) is 3.57. The van der Waals surface area contributed by atoms with E-state index in [-0.39, 0.29) is 5.91 Å². The molecule has 4 N–H and O–H groups in total. The molecule has 2 aromatic rings. The number of amides is 1. The van der Waals surface area contributed by atoms with E-state index >= 15 is 0 Å². The molecule has 150 valence electrons. The number of rotatable bonds is 6. The molecule has 3 rings (SSSR count). The van der Waals surface area contributed by atoms with E-state index in [2.05, 4.69) is 29.4 Å². The van der Waals surface area contributed by atoms with Gasteiger partial charge in [-0.3, -0.25) is 4.79 Å². The first-order valence-electron chi connectivity index (χ1n) is 10.3. The predicted octanol–water partition coefficient (Wildman–Crippen LogP) is 4.44. The number of anilines is 3. The van der Waals surface area contributed by atoms with Gasteiger partial charge < -0.3 is 21.3 Å². The highest BCUT2D eigenvalue weighted by Crippen LogP contribution is 2.20. The summed E-state index contributed by atoms with van der Waals surface area (Å²) in [6, 6.07) is 15.5. The Balaban J connectivity index is 1.54. The van der Waals surface area contributed by atoms with E-state index in [4.69, 9.17) is 5.73 Å². The van der Waals surface area contributed by atoms with Crippen molar-refractivity contribution in [1.82, 2.24) is 4.90 Å². The smallest absolute Gasteiger partial charge is 0.255 e. The zero-order valence-electron chi connectivity index (χ0n) is 16.9. The lowest BCUT2D eigenvalue weighted by Crippen LogP contribution is -2.29. The lowest BCUT2D eigenvalue weighted by atomic mass is 10.1. The molecule has 1 unspecified atom stereocenters. The molecule has 0 radical (unpaired) electrons. The van der Waals surface area contributed by atoms with Crippen LogP contribution in [0.3, 0.4) is 0 Å². The van der Waals surface area contributed by atoms with E-state index in [1.807, 2.05) is 36.4 Å². The summed E-state index contributed by atoms with van der Waals surface area (Å²) in [5, 5.41) is 6.51. The van der Waals surface area contributed by atoms with Crippen molar-refractivity contribution in [1.29, 1.82) is 0 Å². The number of benzene rings is 2. The quantitative estimate of drug-likeness (QED) is 0.648. The minimum Gasteiger partial charge on any atom is -0.397 e. The van der Waals surface area contributed by atoms with Crippen LogP contribution in [0.4, 0.5) is 17.1 Å². The van der Waals surface area contributed by atoms with Crippen LogP contribution in [-0.2, 0) is 0 Å². The zero-order valence-corrected chi connectivity index (χ0v) is 16.9. The highest BCUT2D eigenvalue weighted by atomic mass is 16.1. The number of hydrogen-bond donors (Lipinski definition) is 3. The second-order valence-corrected chi connectivity index (χ2v) is 8.09. The monoisotopic (exact) mass is 380 g/mol. The number of hydrogen-bond acceptors (Lipinski definition) is 4. The van der Waals surface area contributed by atoms with Gasteiger partial charge in [-0.25, -0.2) is 0 Å². The summed E-state index contributed by atoms with van der Waals surface area (Å²) < 4.78 is 0. The van der Waals surface area contributed by atoms with Gasteiger partial charge >= 0.3 is 0 Å². The largest absolute Gasteiger partial charge is 0.397 e. The number of carbonyl (C=O) groups is 1. The number of carbonyl (C=O) groups excluding carboxylic acids is 1. The normalized spacial score (nSPS) is 17.9. The Morgan fingerprint density at radius 1 is 1.11 bits per heavy atom. The van der Waals surface area contributed by atoms with Gasteiger partial charge in [0.25, 0.3) is 5.91 Å². The second-order valence-electron chi connectivity index (χ2n) is 8.09. The molecule has 1 atom stereocenters. The van der Waals surface area contributed by atoms with Crippen LogP contribution in [0.5, 0.6) is 0 Å². The average Bonchev–Trinajstić information content (AvgIpc) is 2.89. The number of para-hydroxylation sites is 2. The van der Waals surface area contributed by atoms with E-state index in [0.29, 0.717) is 23.0 Å². The van der Waals surface area contributed by atoms with Crippen LogP contribution in [0.2, 0.25) is 0 Å². The standard InChI is InChI=1S/C23H32N4O/c1-17(2)16-27-14-5-6-19(13-15-27)25-20-11-9-18(10-12-20)23(28)26-22-8-4-3-7-21(22)24/h3-4,7-12,17,19,25H,5-6,13-16,24H2,1-2H3,(H,26,28). The lowest BCUT2D eigenvalue weighted by Gasteiger charge is -2.22. The molecule has 0 aliphatic carbocycles. The highest BCUT2D eigenvalue weighted by Gasteiger charge is 2.17. The Hall–Kier alpha value is -2.53. The van der Waals surface area contributed by atoms with Gasteiger partial charge in [0.15, 0.2) is 0 Å². The van der Waals surface area contributed by atoms with Crippen LogP contribution in [0.25, 0.3) is 0 Å². The van der Waals surface area contributed by atoms with Crippen molar-refractivity contribution in [3.05, 3.63) is 54.1 Å². The SMILES string of the molecule is CC(C)CN1CCCC(Nc2ccc(C(=O)Nc3ccccc3N)cc2)CC1. The van der Waals surface area contributed by atoms with E-state index in [1.54, 1.807) is 12.1 Å². The van der Waals surface area contributed by atoms with Crippen molar-refractivity contribution < 1.29 is 4.79 Å². The Bertz CT molecular complexity index is 772. The number of nitrogens with one attached hydrogen (secondary N) is 2. The molecule has 1 heterocycles. The minimum absolute atomic E-state index is 0.150. The molecule has 2 aromatic carbocycles. The van der Waals surface area contributed by atoms with Gasteiger partial charge in [0, 0.05) is 30.4 Å². The highest BCUT2D eigenvalue weighted by molar-refractivity contribution is 6.05. The van der Waals surface area contributed by atoms with Crippen LogP contribution < -0.4 is 16.4 Å². The Morgan fingerprint density at radius 2 is 1.86 bits per heavy atom. The van der Waals surface area contributed by atoms with Gasteiger partial charge in [-0.05, 0) is 68.1 Å². The fraction of sp³-hybridized carbons (Fsp3) is 0.435. The maximum Gasteiger partial charge on any atom is 0.255 e. The molecule has 0 spiro atoms. The Morgan fingerprint density at radius 3 is 2.57 bits per heavy atom. The molecule has 0 aromatic heterocycles. The van der Waals surface area contributed by atoms with E-state index in [0.717, 1.165) is 24.6 Å². The minimum atomic E-state index is -0.150. The molecule has 5 nitrogen and oxygen atoms in total. The molecule has 1 fully saturated rings. The summed E-state index contributed by atoms with van der Waals surface area (Å²) in [4.78, 5) is 15.0. The third-order valence-corrected chi connectivity index (χ3v) is 5.17. The first-order valence-corrected chi connectivity index (χ1v) is 10.3. The molecular formula is C23H32N4O. The number of nitrogen functional groups attached to an aromatic ring is 1. The maximum absolute atomic E-state index is 12.4. The first kappa shape index (κ1) is 20.2. The third kappa shape index (κ3) is 5.73. The molecular weight excluding hydrogens is 348 g/mol. The zero-order chi connectivity index (χ0) is 19.9. The van der Waals surface area contributed by atoms with Gasteiger partial charge in [0.2, 0.25) is 0 Å². The molecule has 1 aliphatic heterocycles. The van der Waals surface area contributed by atoms with Crippen molar-refractivity contribution in [3.8, 4) is 0 Å². The number of nitrogens with zero attached hydrogens (tertiary/aromatic N) is 1. The molecule has 28 heavy (non-hydrogen) atoms.